The molecule has 0 unspecified atom stereocenters. The van der Waals surface area contributed by atoms with Crippen molar-refractivity contribution in [2.24, 2.45) is 0 Å². The van der Waals surface area contributed by atoms with E-state index in [-0.39, 0.29) is 5.78 Å². The average molecular weight is 140 g/mol. The minimum atomic E-state index is 0.252. The molecule has 1 aliphatic rings. The van der Waals surface area contributed by atoms with E-state index < -0.39 is 0 Å². The molecule has 0 aromatic carbocycles. The third-order valence-electron chi connectivity index (χ3n) is 1.49. The molecular weight excluding hydrogens is 124 g/mol. The molecule has 0 radical (unpaired) electrons. The Hall–Kier alpha value is -0.590. The van der Waals surface area contributed by atoms with Gasteiger partial charge in [0, 0.05) is 0 Å². The molecule has 1 nitrogen and oxygen atoms in total. The Morgan fingerprint density at radius 3 is 2.30 bits per heavy atom. The molecule has 0 saturated carbocycles. The van der Waals surface area contributed by atoms with E-state index in [2.05, 4.69) is 0 Å². The molecule has 0 atom stereocenters. The second-order valence-electron chi connectivity index (χ2n) is 2.18. The topological polar surface area (TPSA) is 17.1 Å². The van der Waals surface area contributed by atoms with Crippen LogP contribution in [0.5, 0.6) is 0 Å². The van der Waals surface area contributed by atoms with Gasteiger partial charge in [0.05, 0.1) is 0 Å². The van der Waals surface area contributed by atoms with E-state index in [1.807, 2.05) is 19.9 Å². The first-order chi connectivity index (χ1) is 4.80. The van der Waals surface area contributed by atoms with E-state index >= 15 is 0 Å². The molecule has 0 aromatic rings. The van der Waals surface area contributed by atoms with E-state index in [1.54, 1.807) is 6.92 Å². The van der Waals surface area contributed by atoms with Crippen molar-refractivity contribution in [2.45, 2.75) is 40.0 Å². The summed E-state index contributed by atoms with van der Waals surface area (Å²) in [7, 11) is 0. The maximum Gasteiger partial charge on any atom is 0.155 e. The summed E-state index contributed by atoms with van der Waals surface area (Å²) in [6.45, 7) is 5.64. The highest BCUT2D eigenvalue weighted by atomic mass is 16.1. The summed E-state index contributed by atoms with van der Waals surface area (Å²) in [5.41, 5.74) is 1.03. The molecule has 0 saturated heterocycles. The Morgan fingerprint density at radius 1 is 1.50 bits per heavy atom. The zero-order chi connectivity index (χ0) is 7.98. The van der Waals surface area contributed by atoms with Gasteiger partial charge < -0.3 is 0 Å². The van der Waals surface area contributed by atoms with Gasteiger partial charge in [0.2, 0.25) is 0 Å². The predicted molar refractivity (Wildman–Crippen MR) is 44.0 cm³/mol. The van der Waals surface area contributed by atoms with Crippen LogP contribution in [0.3, 0.4) is 0 Å². The number of hydrogen-bond acceptors (Lipinski definition) is 1. The molecule has 0 aliphatic heterocycles. The van der Waals surface area contributed by atoms with Gasteiger partial charge in [-0.3, -0.25) is 4.79 Å². The van der Waals surface area contributed by atoms with Crippen molar-refractivity contribution in [3.63, 3.8) is 0 Å². The molecule has 1 heteroatoms. The van der Waals surface area contributed by atoms with E-state index in [0.717, 1.165) is 18.4 Å². The Morgan fingerprint density at radius 2 is 2.10 bits per heavy atom. The van der Waals surface area contributed by atoms with Crippen molar-refractivity contribution >= 4 is 5.78 Å². The van der Waals surface area contributed by atoms with Crippen LogP contribution in [0.15, 0.2) is 11.6 Å². The summed E-state index contributed by atoms with van der Waals surface area (Å²) >= 11 is 0. The van der Waals surface area contributed by atoms with Crippen LogP contribution in [0.2, 0.25) is 0 Å². The SMILES string of the molecule is CC.CC(=O)C1=CCCC1. The van der Waals surface area contributed by atoms with Gasteiger partial charge in [-0.1, -0.05) is 19.9 Å². The van der Waals surface area contributed by atoms with Crippen molar-refractivity contribution < 1.29 is 4.79 Å². The second-order valence-corrected chi connectivity index (χ2v) is 2.18. The predicted octanol–water partition coefficient (Wildman–Crippen LogP) is 2.71. The van der Waals surface area contributed by atoms with E-state index in [4.69, 9.17) is 0 Å². The maximum absolute atomic E-state index is 10.6. The molecule has 0 N–H and O–H groups in total. The molecule has 0 spiro atoms. The summed E-state index contributed by atoms with van der Waals surface area (Å²) < 4.78 is 0. The number of hydrogen-bond donors (Lipinski definition) is 0. The number of allylic oxidation sites excluding steroid dienone is 2. The number of rotatable bonds is 1. The fourth-order valence-electron chi connectivity index (χ4n) is 0.991. The van der Waals surface area contributed by atoms with Crippen molar-refractivity contribution in [3.05, 3.63) is 11.6 Å². The van der Waals surface area contributed by atoms with Crippen molar-refractivity contribution in [1.82, 2.24) is 0 Å². The Bertz CT molecular complexity index is 134. The highest BCUT2D eigenvalue weighted by molar-refractivity contribution is 5.93. The van der Waals surface area contributed by atoms with Gasteiger partial charge in [0.1, 0.15) is 0 Å². The lowest BCUT2D eigenvalue weighted by atomic mass is 10.2. The van der Waals surface area contributed by atoms with Gasteiger partial charge >= 0.3 is 0 Å². The van der Waals surface area contributed by atoms with Crippen LogP contribution in [-0.2, 0) is 4.79 Å². The van der Waals surface area contributed by atoms with Crippen molar-refractivity contribution in [2.75, 3.05) is 0 Å². The van der Waals surface area contributed by atoms with Crippen LogP contribution in [0.25, 0.3) is 0 Å². The number of ketones is 1. The molecule has 0 heterocycles. The lowest BCUT2D eigenvalue weighted by Crippen LogP contribution is -1.90. The largest absolute Gasteiger partial charge is 0.295 e. The number of carbonyl (C=O) groups is 1. The first-order valence-electron chi connectivity index (χ1n) is 4.00. The van der Waals surface area contributed by atoms with Gasteiger partial charge in [-0.05, 0) is 31.8 Å². The molecule has 0 aromatic heterocycles. The lowest BCUT2D eigenvalue weighted by Gasteiger charge is -1.88. The van der Waals surface area contributed by atoms with Gasteiger partial charge in [-0.25, -0.2) is 0 Å². The fraction of sp³-hybridized carbons (Fsp3) is 0.667. The number of Topliss-reactive ketones (excluding diaryl/α,β-unsaturated/α-hetero) is 1. The van der Waals surface area contributed by atoms with E-state index in [9.17, 15) is 4.79 Å². The molecule has 0 bridgehead atoms. The highest BCUT2D eigenvalue weighted by Crippen LogP contribution is 2.17. The summed E-state index contributed by atoms with van der Waals surface area (Å²) in [6, 6.07) is 0. The van der Waals surface area contributed by atoms with Crippen LogP contribution < -0.4 is 0 Å². The molecule has 1 aliphatic carbocycles. The van der Waals surface area contributed by atoms with Crippen molar-refractivity contribution in [1.29, 1.82) is 0 Å². The third-order valence-corrected chi connectivity index (χ3v) is 1.49. The van der Waals surface area contributed by atoms with E-state index in [1.165, 1.54) is 6.42 Å². The molecule has 0 amide bonds. The van der Waals surface area contributed by atoms with Gasteiger partial charge in [-0.15, -0.1) is 0 Å². The smallest absolute Gasteiger partial charge is 0.155 e. The highest BCUT2D eigenvalue weighted by Gasteiger charge is 2.06. The minimum absolute atomic E-state index is 0.252. The molecule has 10 heavy (non-hydrogen) atoms. The quantitative estimate of drug-likeness (QED) is 0.547. The van der Waals surface area contributed by atoms with Gasteiger partial charge in [0.15, 0.2) is 5.78 Å². The van der Waals surface area contributed by atoms with Crippen LogP contribution in [0.4, 0.5) is 0 Å². The lowest BCUT2D eigenvalue weighted by molar-refractivity contribution is -0.113. The fourth-order valence-corrected chi connectivity index (χ4v) is 0.991. The number of carbonyl (C=O) groups excluding carboxylic acids is 1. The Labute approximate surface area is 63.1 Å². The normalized spacial score (nSPS) is 15.3. The average Bonchev–Trinajstić information content (AvgIpc) is 2.42. The third kappa shape index (κ3) is 2.81. The molecule has 1 rings (SSSR count). The first kappa shape index (κ1) is 9.41. The van der Waals surface area contributed by atoms with Crippen LogP contribution >= 0.6 is 0 Å². The Kier molecular flexibility index (Phi) is 4.91. The standard InChI is InChI=1S/C7H10O.C2H6/c1-6(8)7-4-2-3-5-7;1-2/h4H,2-3,5H2,1H3;1-2H3. The van der Waals surface area contributed by atoms with Crippen molar-refractivity contribution in [3.8, 4) is 0 Å². The van der Waals surface area contributed by atoms with Gasteiger partial charge in [-0.2, -0.15) is 0 Å². The minimum Gasteiger partial charge on any atom is -0.295 e. The zero-order valence-corrected chi connectivity index (χ0v) is 7.11. The molecule has 58 valence electrons. The first-order valence-corrected chi connectivity index (χ1v) is 4.00. The second kappa shape index (κ2) is 5.21. The maximum atomic E-state index is 10.6. The van der Waals surface area contributed by atoms with E-state index in [0.29, 0.717) is 0 Å². The van der Waals surface area contributed by atoms with Crippen LogP contribution in [-0.4, -0.2) is 5.78 Å². The van der Waals surface area contributed by atoms with Crippen LogP contribution in [0, 0.1) is 0 Å². The monoisotopic (exact) mass is 140 g/mol. The molecular formula is C9H16O. The summed E-state index contributed by atoms with van der Waals surface area (Å²) in [6.07, 6.45) is 5.33. The Balaban J connectivity index is 0.000000371. The van der Waals surface area contributed by atoms with Gasteiger partial charge in [0.25, 0.3) is 0 Å². The summed E-state index contributed by atoms with van der Waals surface area (Å²) in [4.78, 5) is 10.6. The summed E-state index contributed by atoms with van der Waals surface area (Å²) in [5.74, 6) is 0.252. The summed E-state index contributed by atoms with van der Waals surface area (Å²) in [5, 5.41) is 0. The molecule has 0 fully saturated rings. The zero-order valence-electron chi connectivity index (χ0n) is 7.11. The van der Waals surface area contributed by atoms with Crippen LogP contribution in [0.1, 0.15) is 40.0 Å².